The third-order valence-electron chi connectivity index (χ3n) is 10.9. The van der Waals surface area contributed by atoms with Crippen LogP contribution in [0.5, 0.6) is 0 Å². The average Bonchev–Trinajstić information content (AvgIpc) is 3.83. The van der Waals surface area contributed by atoms with Crippen molar-refractivity contribution in [2.45, 2.75) is 6.17 Å². The van der Waals surface area contributed by atoms with E-state index in [-0.39, 0.29) is 6.17 Å². The van der Waals surface area contributed by atoms with Gasteiger partial charge in [0.2, 0.25) is 0 Å². The van der Waals surface area contributed by atoms with Gasteiger partial charge in [0.05, 0.1) is 16.7 Å². The van der Waals surface area contributed by atoms with Gasteiger partial charge in [-0.15, -0.1) is 0 Å². The zero-order valence-corrected chi connectivity index (χ0v) is 30.3. The molecule has 1 aliphatic heterocycles. The lowest BCUT2D eigenvalue weighted by atomic mass is 9.99. The molecule has 0 bridgehead atoms. The van der Waals surface area contributed by atoms with Gasteiger partial charge in [0.25, 0.3) is 0 Å². The minimum absolute atomic E-state index is 0.284. The van der Waals surface area contributed by atoms with Crippen LogP contribution >= 0.6 is 0 Å². The molecule has 264 valence electrons. The second-order valence-corrected chi connectivity index (χ2v) is 14.2. The summed E-state index contributed by atoms with van der Waals surface area (Å²) in [6, 6.07) is 68.0. The Kier molecular flexibility index (Phi) is 7.49. The highest BCUT2D eigenvalue weighted by atomic mass is 16.3. The molecule has 1 aliphatic rings. The first-order valence-electron chi connectivity index (χ1n) is 18.9. The van der Waals surface area contributed by atoms with Gasteiger partial charge >= 0.3 is 0 Å². The highest BCUT2D eigenvalue weighted by Gasteiger charge is 2.22. The molecule has 5 nitrogen and oxygen atoms in total. The van der Waals surface area contributed by atoms with Crippen LogP contribution in [0.25, 0.3) is 71.7 Å². The lowest BCUT2D eigenvalue weighted by Crippen LogP contribution is -2.33. The summed E-state index contributed by atoms with van der Waals surface area (Å²) in [7, 11) is 0. The maximum atomic E-state index is 6.85. The van der Waals surface area contributed by atoms with E-state index in [1.807, 2.05) is 36.4 Å². The van der Waals surface area contributed by atoms with E-state index in [1.165, 1.54) is 21.9 Å². The number of rotatable bonds is 6. The maximum absolute atomic E-state index is 6.85. The second-order valence-electron chi connectivity index (χ2n) is 14.2. The Labute approximate surface area is 323 Å². The van der Waals surface area contributed by atoms with Crippen LogP contribution in [0.15, 0.2) is 209 Å². The number of aromatic nitrogens is 1. The molecule has 0 amide bonds. The Bertz CT molecular complexity index is 3140. The number of nitrogens with zero attached hydrogens (tertiary/aromatic N) is 3. The summed E-state index contributed by atoms with van der Waals surface area (Å²) in [6.45, 7) is 0. The van der Waals surface area contributed by atoms with Crippen LogP contribution in [0.1, 0.15) is 22.9 Å². The van der Waals surface area contributed by atoms with Crippen LogP contribution in [-0.4, -0.2) is 16.2 Å². The molecule has 0 saturated carbocycles. The van der Waals surface area contributed by atoms with Gasteiger partial charge in [-0.1, -0.05) is 164 Å². The molecule has 0 spiro atoms. The van der Waals surface area contributed by atoms with Crippen molar-refractivity contribution in [2.75, 3.05) is 0 Å². The van der Waals surface area contributed by atoms with Gasteiger partial charge in [-0.2, -0.15) is 0 Å². The highest BCUT2D eigenvalue weighted by molar-refractivity contribution is 6.17. The number of hydrogen-bond donors (Lipinski definition) is 1. The van der Waals surface area contributed by atoms with Crippen LogP contribution < -0.4 is 5.32 Å². The molecular weight excluding hydrogens is 685 g/mol. The Morgan fingerprint density at radius 2 is 1.12 bits per heavy atom. The number of benzene rings is 8. The van der Waals surface area contributed by atoms with Crippen molar-refractivity contribution in [3.8, 4) is 27.9 Å². The monoisotopic (exact) mass is 718 g/mol. The molecule has 5 heteroatoms. The van der Waals surface area contributed by atoms with Crippen molar-refractivity contribution in [1.29, 1.82) is 0 Å². The van der Waals surface area contributed by atoms with E-state index >= 15 is 0 Å². The second kappa shape index (κ2) is 13.1. The first-order valence-corrected chi connectivity index (χ1v) is 18.9. The van der Waals surface area contributed by atoms with Crippen molar-refractivity contribution in [2.24, 2.45) is 9.98 Å². The minimum Gasteiger partial charge on any atom is -0.454 e. The molecule has 1 N–H and O–H groups in total. The molecule has 0 aliphatic carbocycles. The Hall–Kier alpha value is -7.50. The molecule has 2 aromatic heterocycles. The number of fused-ring (bicyclic) bond motifs is 6. The van der Waals surface area contributed by atoms with Gasteiger partial charge < -0.3 is 14.3 Å². The van der Waals surface area contributed by atoms with Crippen molar-refractivity contribution < 1.29 is 4.42 Å². The zero-order valence-electron chi connectivity index (χ0n) is 30.3. The van der Waals surface area contributed by atoms with E-state index in [9.17, 15) is 0 Å². The summed E-state index contributed by atoms with van der Waals surface area (Å²) >= 11 is 0. The van der Waals surface area contributed by atoms with Crippen LogP contribution in [0, 0.1) is 0 Å². The highest BCUT2D eigenvalue weighted by Crippen LogP contribution is 2.42. The number of furan rings is 1. The van der Waals surface area contributed by atoms with Crippen LogP contribution in [0.2, 0.25) is 0 Å². The quantitative estimate of drug-likeness (QED) is 0.186. The Morgan fingerprint density at radius 3 is 1.91 bits per heavy atom. The predicted octanol–water partition coefficient (Wildman–Crippen LogP) is 12.5. The average molecular weight is 719 g/mol. The largest absolute Gasteiger partial charge is 0.454 e. The van der Waals surface area contributed by atoms with Gasteiger partial charge in [-0.05, 0) is 58.1 Å². The van der Waals surface area contributed by atoms with Gasteiger partial charge in [-0.3, -0.25) is 0 Å². The summed E-state index contributed by atoms with van der Waals surface area (Å²) in [6.07, 6.45) is -0.284. The van der Waals surface area contributed by atoms with E-state index < -0.39 is 0 Å². The summed E-state index contributed by atoms with van der Waals surface area (Å²) in [5, 5.41) is 8.22. The van der Waals surface area contributed by atoms with Gasteiger partial charge in [-0.25, -0.2) is 9.98 Å². The van der Waals surface area contributed by atoms with Crippen molar-refractivity contribution in [3.05, 3.63) is 211 Å². The van der Waals surface area contributed by atoms with Crippen molar-refractivity contribution in [3.63, 3.8) is 0 Å². The predicted molar refractivity (Wildman–Crippen MR) is 231 cm³/mol. The Balaban J connectivity index is 0.976. The number of nitrogens with one attached hydrogen (secondary N) is 1. The van der Waals surface area contributed by atoms with E-state index in [2.05, 4.69) is 168 Å². The van der Waals surface area contributed by atoms with Gasteiger partial charge in [0, 0.05) is 32.7 Å². The summed E-state index contributed by atoms with van der Waals surface area (Å²) in [5.41, 5.74) is 12.7. The first kappa shape index (κ1) is 32.0. The molecule has 56 heavy (non-hydrogen) atoms. The molecule has 3 heterocycles. The molecule has 10 aromatic rings. The third-order valence-corrected chi connectivity index (χ3v) is 10.9. The van der Waals surface area contributed by atoms with E-state index in [4.69, 9.17) is 14.4 Å². The molecule has 1 atom stereocenters. The van der Waals surface area contributed by atoms with Crippen LogP contribution in [-0.2, 0) is 0 Å². The SMILES string of the molecule is c1ccc(C2=NC(c3ccc(-c4ccc5c(c4)oc4c(-n6c7ccccc7c7c(-c8ccccc8)cccc76)cccc45)cc3)NC(c3ccccc3)=N2)cc1. The van der Waals surface area contributed by atoms with Crippen LogP contribution in [0.3, 0.4) is 0 Å². The smallest absolute Gasteiger partial charge is 0.159 e. The number of hydrogen-bond acceptors (Lipinski definition) is 4. The molecule has 11 rings (SSSR count). The van der Waals surface area contributed by atoms with Gasteiger partial charge in [0.1, 0.15) is 17.6 Å². The fourth-order valence-corrected chi connectivity index (χ4v) is 8.21. The fourth-order valence-electron chi connectivity index (χ4n) is 8.21. The standard InChI is InChI=1S/C51H34N4O/c1-4-14-34(15-5-1)39-21-12-24-44-47(39)42-20-10-11-23-43(42)55(44)45-25-13-22-41-40-31-30-38(32-46(40)56-48(41)45)33-26-28-37(29-27-33)51-53-49(35-16-6-2-7-17-35)52-50(54-51)36-18-8-3-9-19-36/h1-32,51H,(H,52,53,54). The lowest BCUT2D eigenvalue weighted by molar-refractivity contribution is 0.666. The molecule has 8 aromatic carbocycles. The van der Waals surface area contributed by atoms with E-state index in [0.29, 0.717) is 5.84 Å². The van der Waals surface area contributed by atoms with Crippen molar-refractivity contribution >= 4 is 55.4 Å². The number of aliphatic imine (C=N–C) groups is 2. The topological polar surface area (TPSA) is 54.8 Å². The van der Waals surface area contributed by atoms with Gasteiger partial charge in [0.15, 0.2) is 11.4 Å². The molecule has 0 saturated heterocycles. The van der Waals surface area contributed by atoms with Crippen LogP contribution in [0.4, 0.5) is 0 Å². The molecular formula is C51H34N4O. The Morgan fingerprint density at radius 1 is 0.482 bits per heavy atom. The lowest BCUT2D eigenvalue weighted by Gasteiger charge is -2.23. The summed E-state index contributed by atoms with van der Waals surface area (Å²) in [4.78, 5) is 9.98. The molecule has 0 fully saturated rings. The van der Waals surface area contributed by atoms with E-state index in [1.54, 1.807) is 0 Å². The molecule has 0 radical (unpaired) electrons. The van der Waals surface area contributed by atoms with Crippen molar-refractivity contribution in [1.82, 2.24) is 9.88 Å². The first-order chi connectivity index (χ1) is 27.8. The number of amidine groups is 2. The normalized spacial score (nSPS) is 14.2. The molecule has 1 unspecified atom stereocenters. The zero-order chi connectivity index (χ0) is 37.0. The third kappa shape index (κ3) is 5.32. The summed E-state index contributed by atoms with van der Waals surface area (Å²) < 4.78 is 9.21. The summed E-state index contributed by atoms with van der Waals surface area (Å²) in [5.74, 6) is 1.52. The minimum atomic E-state index is -0.284. The maximum Gasteiger partial charge on any atom is 0.159 e. The number of para-hydroxylation sites is 2. The fraction of sp³-hybridized carbons (Fsp3) is 0.0196. The van der Waals surface area contributed by atoms with E-state index in [0.717, 1.165) is 72.3 Å².